The van der Waals surface area contributed by atoms with E-state index in [1.807, 2.05) is 24.3 Å². The minimum Gasteiger partial charge on any atom is -0.505 e. The molecule has 5 rings (SSSR count). The molecule has 1 aromatic heterocycles. The molecule has 0 spiro atoms. The lowest BCUT2D eigenvalue weighted by atomic mass is 10.0. The van der Waals surface area contributed by atoms with Gasteiger partial charge in [-0.25, -0.2) is 9.97 Å². The number of hydrogen-bond donors (Lipinski definition) is 2. The maximum absolute atomic E-state index is 13.0. The number of nitriles is 1. The molecule has 0 atom stereocenters. The van der Waals surface area contributed by atoms with Crippen LogP contribution in [0.15, 0.2) is 101 Å². The van der Waals surface area contributed by atoms with Crippen LogP contribution in [0.2, 0.25) is 0 Å². The Kier molecular flexibility index (Phi) is 5.84. The number of fused-ring (bicyclic) bond motifs is 1. The normalized spacial score (nSPS) is 13.4. The molecule has 0 aliphatic carbocycles. The number of carbonyl (C=O) groups is 1. The molecule has 2 N–H and O–H groups in total. The van der Waals surface area contributed by atoms with Crippen LogP contribution in [0.4, 0.5) is 17.3 Å². The van der Waals surface area contributed by atoms with Crippen LogP contribution in [-0.4, -0.2) is 27.5 Å². The molecule has 3 aromatic carbocycles. The minimum absolute atomic E-state index is 0.0608. The van der Waals surface area contributed by atoms with Gasteiger partial charge in [-0.1, -0.05) is 42.5 Å². The van der Waals surface area contributed by atoms with Gasteiger partial charge in [-0.2, -0.15) is 5.26 Å². The van der Waals surface area contributed by atoms with Gasteiger partial charge < -0.3 is 10.4 Å². The first kappa shape index (κ1) is 21.7. The third-order valence-electron chi connectivity index (χ3n) is 5.56. The Labute approximate surface area is 200 Å². The number of benzene rings is 3. The Bertz CT molecular complexity index is 1510. The summed E-state index contributed by atoms with van der Waals surface area (Å²) < 4.78 is 0. The first-order chi connectivity index (χ1) is 17.2. The zero-order chi connectivity index (χ0) is 24.2. The summed E-state index contributed by atoms with van der Waals surface area (Å²) >= 11 is 0. The number of nitrogens with zero attached hydrogens (tertiary/aromatic N) is 6. The van der Waals surface area contributed by atoms with Gasteiger partial charge in [0.05, 0.1) is 17.2 Å². The second-order valence-electron chi connectivity index (χ2n) is 7.73. The van der Waals surface area contributed by atoms with E-state index in [4.69, 9.17) is 0 Å². The molecule has 170 valence electrons. The molecule has 0 saturated carbocycles. The van der Waals surface area contributed by atoms with Crippen LogP contribution in [0.25, 0.3) is 10.8 Å². The van der Waals surface area contributed by atoms with Gasteiger partial charge in [0.15, 0.2) is 11.6 Å². The molecule has 35 heavy (non-hydrogen) atoms. The Hall–Kier alpha value is -5.10. The molecule has 0 fully saturated rings. The maximum Gasteiger partial charge on any atom is 0.259 e. The van der Waals surface area contributed by atoms with Crippen LogP contribution in [0.5, 0.6) is 5.75 Å². The molecule has 0 unspecified atom stereocenters. The van der Waals surface area contributed by atoms with Crippen LogP contribution in [-0.2, 0) is 0 Å². The molecular formula is C26H19N7O2. The van der Waals surface area contributed by atoms with Crippen molar-refractivity contribution in [3.8, 4) is 11.8 Å². The van der Waals surface area contributed by atoms with E-state index in [-0.39, 0.29) is 17.0 Å². The van der Waals surface area contributed by atoms with Crippen molar-refractivity contribution in [2.45, 2.75) is 6.42 Å². The number of anilines is 2. The van der Waals surface area contributed by atoms with Crippen molar-refractivity contribution in [1.82, 2.24) is 9.97 Å². The van der Waals surface area contributed by atoms with Crippen molar-refractivity contribution >= 4 is 34.0 Å². The van der Waals surface area contributed by atoms with Crippen molar-refractivity contribution in [2.75, 3.05) is 16.8 Å². The van der Waals surface area contributed by atoms with Crippen molar-refractivity contribution in [3.63, 3.8) is 0 Å². The van der Waals surface area contributed by atoms with Crippen LogP contribution in [0, 0.1) is 11.3 Å². The standard InChI is InChI=1S/C26H19N7O2/c27-16-18-11-14-33(26-28-12-6-13-29-26)24(18)32-31-22-20-10-5-4-7-17(20)15-21(23(22)34)25(35)30-19-8-2-1-3-9-19/h1-10,12-13,15,34H,11,14H2,(H,30,35). The molecular weight excluding hydrogens is 442 g/mol. The quantitative estimate of drug-likeness (QED) is 0.387. The lowest BCUT2D eigenvalue weighted by molar-refractivity contribution is 0.102. The number of amides is 1. The number of aromatic nitrogens is 2. The van der Waals surface area contributed by atoms with Gasteiger partial charge in [0.2, 0.25) is 5.95 Å². The van der Waals surface area contributed by atoms with E-state index < -0.39 is 5.91 Å². The van der Waals surface area contributed by atoms with Gasteiger partial charge in [-0.3, -0.25) is 9.69 Å². The number of phenols is 1. The minimum atomic E-state index is -0.479. The molecule has 9 heteroatoms. The van der Waals surface area contributed by atoms with E-state index in [9.17, 15) is 15.2 Å². The smallest absolute Gasteiger partial charge is 0.259 e. The number of para-hydroxylation sites is 1. The lowest BCUT2D eigenvalue weighted by Crippen LogP contribution is -2.19. The number of rotatable bonds is 5. The molecule has 9 nitrogen and oxygen atoms in total. The van der Waals surface area contributed by atoms with Crippen LogP contribution >= 0.6 is 0 Å². The summed E-state index contributed by atoms with van der Waals surface area (Å²) in [6, 6.07) is 21.7. The number of azo groups is 1. The Morgan fingerprint density at radius 3 is 2.54 bits per heavy atom. The van der Waals surface area contributed by atoms with E-state index in [1.54, 1.807) is 59.8 Å². The summed E-state index contributed by atoms with van der Waals surface area (Å²) in [6.45, 7) is 0.480. The number of carbonyl (C=O) groups excluding carboxylic acids is 1. The molecule has 4 aromatic rings. The van der Waals surface area contributed by atoms with E-state index in [0.29, 0.717) is 46.8 Å². The van der Waals surface area contributed by atoms with E-state index in [0.717, 1.165) is 0 Å². The van der Waals surface area contributed by atoms with Gasteiger partial charge in [0.1, 0.15) is 5.69 Å². The summed E-state index contributed by atoms with van der Waals surface area (Å²) in [6.07, 6.45) is 3.68. The van der Waals surface area contributed by atoms with Gasteiger partial charge in [0.25, 0.3) is 5.91 Å². The van der Waals surface area contributed by atoms with E-state index in [2.05, 4.69) is 31.6 Å². The highest BCUT2D eigenvalue weighted by Gasteiger charge is 2.26. The lowest BCUT2D eigenvalue weighted by Gasteiger charge is -2.16. The highest BCUT2D eigenvalue weighted by molar-refractivity contribution is 6.11. The summed E-state index contributed by atoms with van der Waals surface area (Å²) in [5.41, 5.74) is 1.22. The van der Waals surface area contributed by atoms with Crippen molar-refractivity contribution < 1.29 is 9.90 Å². The maximum atomic E-state index is 13.0. The molecule has 0 saturated heterocycles. The van der Waals surface area contributed by atoms with Crippen molar-refractivity contribution in [1.29, 1.82) is 5.26 Å². The van der Waals surface area contributed by atoms with E-state index >= 15 is 0 Å². The number of nitrogens with one attached hydrogen (secondary N) is 1. The zero-order valence-corrected chi connectivity index (χ0v) is 18.5. The number of phenolic OH excluding ortho intramolecular Hbond substituents is 1. The predicted octanol–water partition coefficient (Wildman–Crippen LogP) is 5.32. The number of aromatic hydroxyl groups is 1. The average Bonchev–Trinajstić information content (AvgIpc) is 3.32. The summed E-state index contributed by atoms with van der Waals surface area (Å²) in [7, 11) is 0. The van der Waals surface area contributed by atoms with Gasteiger partial charge in [-0.05, 0) is 29.7 Å². The monoisotopic (exact) mass is 461 g/mol. The zero-order valence-electron chi connectivity index (χ0n) is 18.5. The fraction of sp³-hybridized carbons (Fsp3) is 0.0769. The van der Waals surface area contributed by atoms with Crippen LogP contribution in [0.3, 0.4) is 0 Å². The highest BCUT2D eigenvalue weighted by Crippen LogP contribution is 2.40. The van der Waals surface area contributed by atoms with Crippen LogP contribution < -0.4 is 10.2 Å². The number of hydrogen-bond acceptors (Lipinski definition) is 8. The fourth-order valence-electron chi connectivity index (χ4n) is 3.86. The van der Waals surface area contributed by atoms with E-state index in [1.165, 1.54) is 0 Å². The van der Waals surface area contributed by atoms with Crippen LogP contribution in [0.1, 0.15) is 16.8 Å². The van der Waals surface area contributed by atoms with Crippen molar-refractivity contribution in [3.05, 3.63) is 96.1 Å². The Morgan fingerprint density at radius 1 is 1.03 bits per heavy atom. The molecule has 1 aliphatic rings. The third-order valence-corrected chi connectivity index (χ3v) is 5.56. The first-order valence-electron chi connectivity index (χ1n) is 10.9. The molecule has 0 bridgehead atoms. The molecule has 2 heterocycles. The Morgan fingerprint density at radius 2 is 1.77 bits per heavy atom. The van der Waals surface area contributed by atoms with Gasteiger partial charge in [-0.15, -0.1) is 10.2 Å². The molecule has 1 amide bonds. The second-order valence-corrected chi connectivity index (χ2v) is 7.73. The second kappa shape index (κ2) is 9.41. The van der Waals surface area contributed by atoms with Gasteiger partial charge in [0, 0.05) is 36.4 Å². The van der Waals surface area contributed by atoms with Crippen molar-refractivity contribution in [2.24, 2.45) is 10.2 Å². The Balaban J connectivity index is 1.57. The highest BCUT2D eigenvalue weighted by atomic mass is 16.3. The summed E-state index contributed by atoms with van der Waals surface area (Å²) in [5, 5.41) is 33.5. The topological polar surface area (TPSA) is 127 Å². The fourth-order valence-corrected chi connectivity index (χ4v) is 3.86. The third kappa shape index (κ3) is 4.28. The first-order valence-corrected chi connectivity index (χ1v) is 10.9. The van der Waals surface area contributed by atoms with Gasteiger partial charge >= 0.3 is 0 Å². The summed E-state index contributed by atoms with van der Waals surface area (Å²) in [5.74, 6) is -0.0772. The SMILES string of the molecule is N#CC1=C(N=Nc2c(O)c(C(=O)Nc3ccccc3)cc3ccccc23)N(c2ncccn2)CC1. The molecule has 0 radical (unpaired) electrons. The predicted molar refractivity (Wildman–Crippen MR) is 131 cm³/mol. The largest absolute Gasteiger partial charge is 0.505 e. The average molecular weight is 461 g/mol. The summed E-state index contributed by atoms with van der Waals surface area (Å²) in [4.78, 5) is 23.2. The molecule has 1 aliphatic heterocycles.